The van der Waals surface area contributed by atoms with Crippen molar-refractivity contribution in [3.05, 3.63) is 0 Å². The first-order valence-electron chi connectivity index (χ1n) is 5.87. The minimum Gasteiger partial charge on any atom is -0.447 e. The maximum Gasteiger partial charge on any atom is 0.410 e. The van der Waals surface area contributed by atoms with Gasteiger partial charge in [0.05, 0.1) is 6.04 Å². The van der Waals surface area contributed by atoms with Crippen molar-refractivity contribution in [2.45, 2.75) is 32.4 Å². The summed E-state index contributed by atoms with van der Waals surface area (Å²) < 4.78 is 4.96. The molecule has 6 heteroatoms. The molecule has 6 nitrogen and oxygen atoms in total. The van der Waals surface area contributed by atoms with Gasteiger partial charge in [-0.05, 0) is 20.8 Å². The van der Waals surface area contributed by atoms with E-state index in [1.807, 2.05) is 20.8 Å². The van der Waals surface area contributed by atoms with Gasteiger partial charge in [-0.15, -0.1) is 0 Å². The highest BCUT2D eigenvalue weighted by Crippen LogP contribution is 2.18. The largest absolute Gasteiger partial charge is 0.447 e. The zero-order valence-corrected chi connectivity index (χ0v) is 10.5. The van der Waals surface area contributed by atoms with Crippen molar-refractivity contribution in [2.24, 2.45) is 0 Å². The first kappa shape index (κ1) is 12.0. The molecule has 2 rings (SSSR count). The summed E-state index contributed by atoms with van der Waals surface area (Å²) in [5.41, 5.74) is -0.240. The van der Waals surface area contributed by atoms with E-state index in [1.54, 1.807) is 9.80 Å². The van der Waals surface area contributed by atoms with Gasteiger partial charge < -0.3 is 15.0 Å². The smallest absolute Gasteiger partial charge is 0.410 e. The van der Waals surface area contributed by atoms with Crippen LogP contribution in [0.25, 0.3) is 0 Å². The van der Waals surface area contributed by atoms with Crippen molar-refractivity contribution < 1.29 is 14.3 Å². The number of hydrogen-bond donors (Lipinski definition) is 1. The summed E-state index contributed by atoms with van der Waals surface area (Å²) in [6.07, 6.45) is -0.258. The number of nitrogens with zero attached hydrogens (tertiary/aromatic N) is 2. The zero-order valence-electron chi connectivity index (χ0n) is 10.5. The Bertz CT molecular complexity index is 337. The highest BCUT2D eigenvalue weighted by Gasteiger charge is 2.39. The third kappa shape index (κ3) is 2.62. The van der Waals surface area contributed by atoms with Crippen molar-refractivity contribution in [3.8, 4) is 0 Å². The quantitative estimate of drug-likeness (QED) is 0.676. The molecule has 2 fully saturated rings. The third-order valence-corrected chi connectivity index (χ3v) is 2.89. The second-order valence-electron chi connectivity index (χ2n) is 5.55. The number of urea groups is 1. The monoisotopic (exact) mass is 241 g/mol. The van der Waals surface area contributed by atoms with E-state index >= 15 is 0 Å². The number of carbonyl (C=O) groups is 2. The molecule has 3 amide bonds. The van der Waals surface area contributed by atoms with E-state index in [0.29, 0.717) is 26.2 Å². The number of fused-ring (bicyclic) bond motifs is 1. The van der Waals surface area contributed by atoms with E-state index in [1.165, 1.54) is 0 Å². The van der Waals surface area contributed by atoms with Crippen molar-refractivity contribution >= 4 is 12.1 Å². The van der Waals surface area contributed by atoms with Crippen LogP contribution in [0.4, 0.5) is 9.59 Å². The Morgan fingerprint density at radius 1 is 1.41 bits per heavy atom. The SMILES string of the molecule is CC(C)(C)NC(=O)N1CCN2C(=O)OC[C@@H]2C1. The Kier molecular flexibility index (Phi) is 2.89. The lowest BCUT2D eigenvalue weighted by atomic mass is 10.1. The Labute approximate surface area is 101 Å². The molecule has 2 saturated heterocycles. The van der Waals surface area contributed by atoms with Gasteiger partial charge in [-0.3, -0.25) is 4.90 Å². The van der Waals surface area contributed by atoms with Crippen LogP contribution < -0.4 is 5.32 Å². The molecule has 17 heavy (non-hydrogen) atoms. The predicted octanol–water partition coefficient (Wildman–Crippen LogP) is 0.631. The molecule has 0 unspecified atom stereocenters. The van der Waals surface area contributed by atoms with E-state index in [2.05, 4.69) is 5.32 Å². The van der Waals surface area contributed by atoms with Gasteiger partial charge >= 0.3 is 12.1 Å². The second-order valence-corrected chi connectivity index (χ2v) is 5.55. The zero-order chi connectivity index (χ0) is 12.6. The molecule has 1 N–H and O–H groups in total. The van der Waals surface area contributed by atoms with Gasteiger partial charge in [-0.2, -0.15) is 0 Å². The molecule has 0 saturated carbocycles. The molecule has 0 bridgehead atoms. The molecule has 0 aromatic heterocycles. The van der Waals surface area contributed by atoms with Crippen LogP contribution in [0.5, 0.6) is 0 Å². The van der Waals surface area contributed by atoms with Crippen LogP contribution in [0.3, 0.4) is 0 Å². The highest BCUT2D eigenvalue weighted by atomic mass is 16.6. The summed E-state index contributed by atoms with van der Waals surface area (Å²) in [5, 5.41) is 2.92. The van der Waals surface area contributed by atoms with Gasteiger partial charge in [-0.25, -0.2) is 9.59 Å². The number of piperazine rings is 1. The molecule has 0 aliphatic carbocycles. The molecule has 0 radical (unpaired) electrons. The van der Waals surface area contributed by atoms with Crippen LogP contribution in [0.15, 0.2) is 0 Å². The fraction of sp³-hybridized carbons (Fsp3) is 0.818. The van der Waals surface area contributed by atoms with Gasteiger partial charge in [0.2, 0.25) is 0 Å². The van der Waals surface area contributed by atoms with E-state index in [-0.39, 0.29) is 23.7 Å². The number of rotatable bonds is 0. The lowest BCUT2D eigenvalue weighted by Crippen LogP contribution is -2.58. The minimum atomic E-state index is -0.258. The number of hydrogen-bond acceptors (Lipinski definition) is 3. The molecule has 2 aliphatic rings. The Hall–Kier alpha value is -1.46. The molecule has 0 aromatic rings. The standard InChI is InChI=1S/C11H19N3O3/c1-11(2,3)12-9(15)13-4-5-14-8(6-13)7-17-10(14)16/h8H,4-7H2,1-3H3,(H,12,15)/t8-/m0/s1. The molecule has 1 atom stereocenters. The average molecular weight is 241 g/mol. The van der Waals surface area contributed by atoms with Gasteiger partial charge in [0.15, 0.2) is 0 Å². The lowest BCUT2D eigenvalue weighted by molar-refractivity contribution is 0.124. The highest BCUT2D eigenvalue weighted by molar-refractivity contribution is 5.76. The molecule has 0 aromatic carbocycles. The summed E-state index contributed by atoms with van der Waals surface area (Å²) in [7, 11) is 0. The summed E-state index contributed by atoms with van der Waals surface area (Å²) in [6, 6.07) is -0.0570. The second kappa shape index (κ2) is 4.09. The number of amides is 3. The fourth-order valence-electron chi connectivity index (χ4n) is 2.07. The van der Waals surface area contributed by atoms with Crippen molar-refractivity contribution in [1.29, 1.82) is 0 Å². The van der Waals surface area contributed by atoms with Crippen molar-refractivity contribution in [1.82, 2.24) is 15.1 Å². The van der Waals surface area contributed by atoms with Crippen LogP contribution >= 0.6 is 0 Å². The van der Waals surface area contributed by atoms with Gasteiger partial charge in [0.1, 0.15) is 6.61 Å². The maximum atomic E-state index is 12.0. The third-order valence-electron chi connectivity index (χ3n) is 2.89. The molecular formula is C11H19N3O3. The molecule has 2 heterocycles. The van der Waals surface area contributed by atoms with Crippen LogP contribution in [0.1, 0.15) is 20.8 Å². The number of carbonyl (C=O) groups excluding carboxylic acids is 2. The molecular weight excluding hydrogens is 222 g/mol. The Balaban J connectivity index is 1.93. The summed E-state index contributed by atoms with van der Waals surface area (Å²) in [6.45, 7) is 7.90. The normalized spacial score (nSPS) is 24.4. The van der Waals surface area contributed by atoms with Gasteiger partial charge in [0, 0.05) is 25.2 Å². The Morgan fingerprint density at radius 3 is 2.76 bits per heavy atom. The summed E-state index contributed by atoms with van der Waals surface area (Å²) in [4.78, 5) is 26.7. The van der Waals surface area contributed by atoms with Crippen molar-refractivity contribution in [2.75, 3.05) is 26.2 Å². The number of cyclic esters (lactones) is 1. The van der Waals surface area contributed by atoms with Crippen molar-refractivity contribution in [3.63, 3.8) is 0 Å². The Morgan fingerprint density at radius 2 is 2.12 bits per heavy atom. The van der Waals surface area contributed by atoms with Crippen LogP contribution in [-0.4, -0.2) is 59.7 Å². The van der Waals surface area contributed by atoms with E-state index in [9.17, 15) is 9.59 Å². The molecule has 0 spiro atoms. The predicted molar refractivity (Wildman–Crippen MR) is 61.7 cm³/mol. The van der Waals surface area contributed by atoms with Gasteiger partial charge in [0.25, 0.3) is 0 Å². The fourth-order valence-corrected chi connectivity index (χ4v) is 2.07. The minimum absolute atomic E-state index is 0.0157. The van der Waals surface area contributed by atoms with Crippen LogP contribution in [-0.2, 0) is 4.74 Å². The van der Waals surface area contributed by atoms with Crippen LogP contribution in [0, 0.1) is 0 Å². The van der Waals surface area contributed by atoms with E-state index < -0.39 is 0 Å². The number of ether oxygens (including phenoxy) is 1. The molecule has 96 valence electrons. The number of nitrogens with one attached hydrogen (secondary N) is 1. The topological polar surface area (TPSA) is 61.9 Å². The lowest BCUT2D eigenvalue weighted by Gasteiger charge is -2.36. The summed E-state index contributed by atoms with van der Waals surface area (Å²) in [5.74, 6) is 0. The summed E-state index contributed by atoms with van der Waals surface area (Å²) >= 11 is 0. The first-order chi connectivity index (χ1) is 7.87. The van der Waals surface area contributed by atoms with Crippen LogP contribution in [0.2, 0.25) is 0 Å². The first-order valence-corrected chi connectivity index (χ1v) is 5.87. The maximum absolute atomic E-state index is 12.0. The average Bonchev–Trinajstić information content (AvgIpc) is 2.57. The van der Waals surface area contributed by atoms with E-state index in [0.717, 1.165) is 0 Å². The van der Waals surface area contributed by atoms with E-state index in [4.69, 9.17) is 4.74 Å². The molecule has 2 aliphatic heterocycles. The van der Waals surface area contributed by atoms with Gasteiger partial charge in [-0.1, -0.05) is 0 Å².